The molecule has 0 radical (unpaired) electrons. The van der Waals surface area contributed by atoms with Gasteiger partial charge in [0.2, 0.25) is 0 Å². The van der Waals surface area contributed by atoms with Gasteiger partial charge in [-0.05, 0) is 92.4 Å². The standard InChI is InChI=1S/C54H43N3O/c1-52(2)30-31-53(3,4)46-32-35(25-29-45(46)52)50-55-49(56-51(57-50)36-24-28-42-41-18-10-13-21-47(41)58-48(42)33-36)34-22-26-38(27-23-34)54(37-14-6-5-7-15-37)43-19-11-8-16-39(43)40-17-9-12-20-44(40)54/h5-29,32-33H,30-31H2,1-4H3. The van der Waals surface area contributed by atoms with Crippen LogP contribution in [0.5, 0.6) is 0 Å². The molecule has 0 N–H and O–H groups in total. The van der Waals surface area contributed by atoms with Gasteiger partial charge >= 0.3 is 0 Å². The van der Waals surface area contributed by atoms with Crippen LogP contribution in [0.3, 0.4) is 0 Å². The third-order valence-corrected chi connectivity index (χ3v) is 13.1. The Labute approximate surface area is 339 Å². The lowest BCUT2D eigenvalue weighted by molar-refractivity contribution is 0.332. The maximum atomic E-state index is 6.34. The minimum Gasteiger partial charge on any atom is -0.456 e. The Morgan fingerprint density at radius 1 is 0.397 bits per heavy atom. The Morgan fingerprint density at radius 3 is 1.59 bits per heavy atom. The van der Waals surface area contributed by atoms with Crippen molar-refractivity contribution in [2.45, 2.75) is 56.8 Å². The molecule has 0 unspecified atom stereocenters. The Morgan fingerprint density at radius 2 is 0.897 bits per heavy atom. The summed E-state index contributed by atoms with van der Waals surface area (Å²) in [5.74, 6) is 1.91. The molecule has 2 aliphatic carbocycles. The number of hydrogen-bond donors (Lipinski definition) is 0. The van der Waals surface area contributed by atoms with E-state index in [0.29, 0.717) is 17.5 Å². The lowest BCUT2D eigenvalue weighted by Crippen LogP contribution is -2.33. The minimum atomic E-state index is -0.478. The van der Waals surface area contributed by atoms with Crippen molar-refractivity contribution in [1.29, 1.82) is 0 Å². The zero-order valence-corrected chi connectivity index (χ0v) is 33.3. The van der Waals surface area contributed by atoms with Crippen LogP contribution >= 0.6 is 0 Å². The van der Waals surface area contributed by atoms with Crippen molar-refractivity contribution >= 4 is 21.9 Å². The molecule has 58 heavy (non-hydrogen) atoms. The predicted octanol–water partition coefficient (Wildman–Crippen LogP) is 13.5. The van der Waals surface area contributed by atoms with Crippen molar-refractivity contribution in [2.24, 2.45) is 0 Å². The average molecular weight is 750 g/mol. The molecule has 7 aromatic carbocycles. The summed E-state index contributed by atoms with van der Waals surface area (Å²) in [6.07, 6.45) is 2.29. The van der Waals surface area contributed by atoms with Crippen molar-refractivity contribution in [2.75, 3.05) is 0 Å². The van der Waals surface area contributed by atoms with Gasteiger partial charge < -0.3 is 4.42 Å². The Balaban J connectivity index is 1.09. The molecule has 0 spiro atoms. The molecule has 280 valence electrons. The van der Waals surface area contributed by atoms with Crippen LogP contribution < -0.4 is 0 Å². The Hall–Kier alpha value is -6.65. The second-order valence-corrected chi connectivity index (χ2v) is 17.4. The molecular formula is C54H43N3O. The average Bonchev–Trinajstić information content (AvgIpc) is 3.79. The summed E-state index contributed by atoms with van der Waals surface area (Å²) < 4.78 is 6.34. The smallest absolute Gasteiger partial charge is 0.164 e. The van der Waals surface area contributed by atoms with Crippen molar-refractivity contribution in [3.8, 4) is 45.3 Å². The monoisotopic (exact) mass is 749 g/mol. The largest absolute Gasteiger partial charge is 0.456 e. The summed E-state index contributed by atoms with van der Waals surface area (Å²) in [5.41, 5.74) is 14.5. The van der Waals surface area contributed by atoms with Crippen LogP contribution in [0, 0.1) is 0 Å². The minimum absolute atomic E-state index is 0.0495. The fourth-order valence-corrected chi connectivity index (χ4v) is 9.94. The van der Waals surface area contributed by atoms with Crippen LogP contribution in [0.2, 0.25) is 0 Å². The van der Waals surface area contributed by atoms with E-state index in [1.165, 1.54) is 44.5 Å². The van der Waals surface area contributed by atoms with Gasteiger partial charge in [-0.3, -0.25) is 0 Å². The highest BCUT2D eigenvalue weighted by molar-refractivity contribution is 6.05. The summed E-state index contributed by atoms with van der Waals surface area (Å²) in [7, 11) is 0. The van der Waals surface area contributed by atoms with Gasteiger partial charge in [-0.15, -0.1) is 0 Å². The Bertz CT molecular complexity index is 3020. The number of furan rings is 1. The molecular weight excluding hydrogens is 707 g/mol. The lowest BCUT2D eigenvalue weighted by Gasteiger charge is -2.42. The predicted molar refractivity (Wildman–Crippen MR) is 236 cm³/mol. The van der Waals surface area contributed by atoms with Gasteiger partial charge in [0.25, 0.3) is 0 Å². The van der Waals surface area contributed by atoms with Gasteiger partial charge in [0.1, 0.15) is 11.2 Å². The van der Waals surface area contributed by atoms with Crippen LogP contribution in [-0.2, 0) is 16.2 Å². The highest BCUT2D eigenvalue weighted by Crippen LogP contribution is 2.56. The number of benzene rings is 7. The number of nitrogens with zero attached hydrogens (tertiary/aromatic N) is 3. The SMILES string of the molecule is CC1(C)CCC(C)(C)c2cc(-c3nc(-c4ccc(C5(c6ccccc6)c6ccccc6-c6ccccc65)cc4)nc(-c4ccc5c(c4)oc4ccccc45)n3)ccc21. The van der Waals surface area contributed by atoms with Gasteiger partial charge in [-0.1, -0.05) is 167 Å². The number of aromatic nitrogens is 3. The second-order valence-electron chi connectivity index (χ2n) is 17.4. The third kappa shape index (κ3) is 5.17. The van der Waals surface area contributed by atoms with Crippen LogP contribution in [0.25, 0.3) is 67.2 Å². The fourth-order valence-electron chi connectivity index (χ4n) is 9.94. The van der Waals surface area contributed by atoms with E-state index in [0.717, 1.165) is 51.5 Å². The maximum absolute atomic E-state index is 6.34. The van der Waals surface area contributed by atoms with Crippen molar-refractivity contribution in [3.63, 3.8) is 0 Å². The zero-order chi connectivity index (χ0) is 39.2. The summed E-state index contributed by atoms with van der Waals surface area (Å²) in [4.78, 5) is 15.7. The molecule has 0 saturated heterocycles. The molecule has 0 atom stereocenters. The first-order valence-corrected chi connectivity index (χ1v) is 20.4. The third-order valence-electron chi connectivity index (χ3n) is 13.1. The molecule has 0 fully saturated rings. The van der Waals surface area contributed by atoms with Crippen LogP contribution in [0.4, 0.5) is 0 Å². The highest BCUT2D eigenvalue weighted by atomic mass is 16.3. The maximum Gasteiger partial charge on any atom is 0.164 e. The lowest BCUT2D eigenvalue weighted by atomic mass is 9.63. The summed E-state index contributed by atoms with van der Waals surface area (Å²) >= 11 is 0. The second kappa shape index (κ2) is 12.7. The molecule has 0 amide bonds. The van der Waals surface area contributed by atoms with Crippen molar-refractivity contribution < 1.29 is 4.42 Å². The normalized spacial score (nSPS) is 15.9. The van der Waals surface area contributed by atoms with Gasteiger partial charge in [0, 0.05) is 27.5 Å². The van der Waals surface area contributed by atoms with E-state index in [-0.39, 0.29) is 10.8 Å². The first kappa shape index (κ1) is 34.6. The fraction of sp³-hybridized carbons (Fsp3) is 0.167. The van der Waals surface area contributed by atoms with Gasteiger partial charge in [-0.2, -0.15) is 0 Å². The molecule has 2 aliphatic rings. The number of hydrogen-bond acceptors (Lipinski definition) is 4. The first-order chi connectivity index (χ1) is 28.2. The van der Waals surface area contributed by atoms with E-state index in [1.807, 2.05) is 18.2 Å². The summed E-state index contributed by atoms with van der Waals surface area (Å²) in [6, 6.07) is 58.9. The number of fused-ring (bicyclic) bond motifs is 7. The molecule has 0 saturated carbocycles. The molecule has 2 heterocycles. The number of rotatable bonds is 5. The molecule has 4 heteroatoms. The molecule has 2 aromatic heterocycles. The van der Waals surface area contributed by atoms with E-state index >= 15 is 0 Å². The van der Waals surface area contributed by atoms with Crippen molar-refractivity contribution in [3.05, 3.63) is 197 Å². The van der Waals surface area contributed by atoms with Gasteiger partial charge in [0.05, 0.1) is 5.41 Å². The molecule has 9 aromatic rings. The van der Waals surface area contributed by atoms with Gasteiger partial charge in [0.15, 0.2) is 17.5 Å². The van der Waals surface area contributed by atoms with Crippen LogP contribution in [-0.4, -0.2) is 15.0 Å². The number of para-hydroxylation sites is 1. The van der Waals surface area contributed by atoms with Crippen molar-refractivity contribution in [1.82, 2.24) is 15.0 Å². The molecule has 0 aliphatic heterocycles. The van der Waals surface area contributed by atoms with E-state index < -0.39 is 5.41 Å². The van der Waals surface area contributed by atoms with Crippen LogP contribution in [0.1, 0.15) is 73.9 Å². The van der Waals surface area contributed by atoms with E-state index in [2.05, 4.69) is 173 Å². The van der Waals surface area contributed by atoms with E-state index in [4.69, 9.17) is 19.4 Å². The summed E-state index contributed by atoms with van der Waals surface area (Å²) in [6.45, 7) is 9.45. The quantitative estimate of drug-likeness (QED) is 0.176. The van der Waals surface area contributed by atoms with Crippen LogP contribution in [0.15, 0.2) is 168 Å². The molecule has 11 rings (SSSR count). The van der Waals surface area contributed by atoms with Gasteiger partial charge in [-0.25, -0.2) is 15.0 Å². The highest BCUT2D eigenvalue weighted by Gasteiger charge is 2.46. The van der Waals surface area contributed by atoms with E-state index in [1.54, 1.807) is 0 Å². The summed E-state index contributed by atoms with van der Waals surface area (Å²) in [5, 5.41) is 2.17. The topological polar surface area (TPSA) is 51.8 Å². The van der Waals surface area contributed by atoms with E-state index in [9.17, 15) is 0 Å². The molecule has 0 bridgehead atoms. The Kier molecular flexibility index (Phi) is 7.56. The zero-order valence-electron chi connectivity index (χ0n) is 33.3. The first-order valence-electron chi connectivity index (χ1n) is 20.4. The molecule has 4 nitrogen and oxygen atoms in total.